The Balaban J connectivity index is 1.95. The van der Waals surface area contributed by atoms with Gasteiger partial charge in [-0.3, -0.25) is 0 Å². The number of halogens is 1. The number of nitrogens with one attached hydrogen (secondary N) is 1. The molecule has 3 nitrogen and oxygen atoms in total. The summed E-state index contributed by atoms with van der Waals surface area (Å²) in [7, 11) is 0. The van der Waals surface area contributed by atoms with Crippen molar-refractivity contribution in [2.75, 3.05) is 13.2 Å². The Hall–Kier alpha value is -1.13. The van der Waals surface area contributed by atoms with Crippen LogP contribution in [0.3, 0.4) is 0 Å². The number of ether oxygens (including phenoxy) is 1. The van der Waals surface area contributed by atoms with Gasteiger partial charge in [-0.1, -0.05) is 25.8 Å². The van der Waals surface area contributed by atoms with Crippen molar-refractivity contribution in [2.24, 2.45) is 0 Å². The van der Waals surface area contributed by atoms with Gasteiger partial charge in [-0.25, -0.2) is 4.39 Å². The Morgan fingerprint density at radius 2 is 2.10 bits per heavy atom. The molecule has 0 saturated heterocycles. The van der Waals surface area contributed by atoms with Gasteiger partial charge in [0.05, 0.1) is 5.60 Å². The van der Waals surface area contributed by atoms with Gasteiger partial charge < -0.3 is 15.2 Å². The highest BCUT2D eigenvalue weighted by atomic mass is 19.1. The van der Waals surface area contributed by atoms with Crippen molar-refractivity contribution < 1.29 is 14.2 Å². The lowest BCUT2D eigenvalue weighted by atomic mass is 10.0. The van der Waals surface area contributed by atoms with Gasteiger partial charge in [0.2, 0.25) is 0 Å². The second-order valence-corrected chi connectivity index (χ2v) is 6.09. The van der Waals surface area contributed by atoms with Crippen LogP contribution in [0.15, 0.2) is 18.2 Å². The van der Waals surface area contributed by atoms with Crippen molar-refractivity contribution in [2.45, 2.75) is 57.6 Å². The van der Waals surface area contributed by atoms with Gasteiger partial charge in [0.15, 0.2) is 11.6 Å². The zero-order valence-electron chi connectivity index (χ0n) is 13.0. The Morgan fingerprint density at radius 1 is 1.38 bits per heavy atom. The summed E-state index contributed by atoms with van der Waals surface area (Å²) in [6.45, 7) is 5.21. The van der Waals surface area contributed by atoms with Crippen LogP contribution in [0, 0.1) is 5.82 Å². The Bertz CT molecular complexity index is 458. The van der Waals surface area contributed by atoms with E-state index in [9.17, 15) is 9.50 Å². The molecule has 1 fully saturated rings. The van der Waals surface area contributed by atoms with Crippen molar-refractivity contribution in [3.05, 3.63) is 29.6 Å². The van der Waals surface area contributed by atoms with E-state index >= 15 is 0 Å². The maximum absolute atomic E-state index is 14.1. The van der Waals surface area contributed by atoms with E-state index in [0.29, 0.717) is 0 Å². The summed E-state index contributed by atoms with van der Waals surface area (Å²) in [4.78, 5) is 0. The Labute approximate surface area is 126 Å². The molecule has 2 N–H and O–H groups in total. The van der Waals surface area contributed by atoms with E-state index in [0.717, 1.165) is 44.2 Å². The average molecular weight is 295 g/mol. The second-order valence-electron chi connectivity index (χ2n) is 6.09. The van der Waals surface area contributed by atoms with Gasteiger partial charge in [0, 0.05) is 6.04 Å². The van der Waals surface area contributed by atoms with Crippen LogP contribution in [-0.2, 0) is 0 Å². The SMILES string of the molecule is CCCNC(C)c1ccc(OCC2(O)CCCC2)c(F)c1. The summed E-state index contributed by atoms with van der Waals surface area (Å²) in [5, 5.41) is 13.6. The van der Waals surface area contributed by atoms with Gasteiger partial charge >= 0.3 is 0 Å². The Kier molecular flexibility index (Phi) is 5.59. The van der Waals surface area contributed by atoms with E-state index in [2.05, 4.69) is 12.2 Å². The summed E-state index contributed by atoms with van der Waals surface area (Å²) in [5.74, 6) is -0.138. The smallest absolute Gasteiger partial charge is 0.165 e. The number of hydrogen-bond donors (Lipinski definition) is 2. The number of rotatable bonds is 7. The lowest BCUT2D eigenvalue weighted by molar-refractivity contribution is 0.000322. The predicted octanol–water partition coefficient (Wildman–Crippen LogP) is 3.57. The minimum atomic E-state index is -0.777. The van der Waals surface area contributed by atoms with Gasteiger partial charge in [-0.05, 0) is 50.4 Å². The predicted molar refractivity (Wildman–Crippen MR) is 82.0 cm³/mol. The van der Waals surface area contributed by atoms with E-state index in [1.807, 2.05) is 13.0 Å². The molecule has 2 rings (SSSR count). The molecule has 1 saturated carbocycles. The zero-order chi connectivity index (χ0) is 15.3. The summed E-state index contributed by atoms with van der Waals surface area (Å²) in [6.07, 6.45) is 4.56. The zero-order valence-corrected chi connectivity index (χ0v) is 13.0. The quantitative estimate of drug-likeness (QED) is 0.808. The molecule has 0 aliphatic heterocycles. The first-order chi connectivity index (χ1) is 10.0. The largest absolute Gasteiger partial charge is 0.488 e. The molecule has 1 atom stereocenters. The molecular weight excluding hydrogens is 269 g/mol. The topological polar surface area (TPSA) is 41.5 Å². The van der Waals surface area contributed by atoms with Gasteiger partial charge in [-0.15, -0.1) is 0 Å². The summed E-state index contributed by atoms with van der Waals surface area (Å²) in [5.41, 5.74) is 0.133. The third-order valence-corrected chi connectivity index (χ3v) is 4.19. The van der Waals surface area contributed by atoms with Crippen molar-refractivity contribution in [3.8, 4) is 5.75 Å². The first kappa shape index (κ1) is 16.2. The standard InChI is InChI=1S/C17H26FNO2/c1-3-10-19-13(2)14-6-7-16(15(18)11-14)21-12-17(20)8-4-5-9-17/h6-7,11,13,19-20H,3-5,8-10,12H2,1-2H3. The molecule has 1 aromatic rings. The highest BCUT2D eigenvalue weighted by molar-refractivity contribution is 5.31. The van der Waals surface area contributed by atoms with Crippen LogP contribution >= 0.6 is 0 Å². The van der Waals surface area contributed by atoms with Crippen molar-refractivity contribution >= 4 is 0 Å². The van der Waals surface area contributed by atoms with Gasteiger partial charge in [0.1, 0.15) is 6.61 Å². The lowest BCUT2D eigenvalue weighted by Crippen LogP contribution is -2.32. The molecule has 1 unspecified atom stereocenters. The third kappa shape index (κ3) is 4.42. The third-order valence-electron chi connectivity index (χ3n) is 4.19. The molecule has 1 aromatic carbocycles. The fraction of sp³-hybridized carbons (Fsp3) is 0.647. The molecule has 0 heterocycles. The minimum Gasteiger partial charge on any atom is -0.488 e. The number of hydrogen-bond acceptors (Lipinski definition) is 3. The van der Waals surface area contributed by atoms with Gasteiger partial charge in [-0.2, -0.15) is 0 Å². The molecule has 0 bridgehead atoms. The molecule has 0 radical (unpaired) electrons. The molecule has 0 aromatic heterocycles. The Morgan fingerprint density at radius 3 is 2.71 bits per heavy atom. The fourth-order valence-corrected chi connectivity index (χ4v) is 2.77. The van der Waals surface area contributed by atoms with Crippen LogP contribution < -0.4 is 10.1 Å². The van der Waals surface area contributed by atoms with Crippen LogP contribution in [0.5, 0.6) is 5.75 Å². The van der Waals surface area contributed by atoms with Crippen LogP contribution in [0.2, 0.25) is 0 Å². The number of benzene rings is 1. The molecule has 21 heavy (non-hydrogen) atoms. The van der Waals surface area contributed by atoms with Crippen molar-refractivity contribution in [3.63, 3.8) is 0 Å². The normalized spacial score (nSPS) is 18.7. The van der Waals surface area contributed by atoms with Gasteiger partial charge in [0.25, 0.3) is 0 Å². The van der Waals surface area contributed by atoms with E-state index in [1.54, 1.807) is 6.07 Å². The fourth-order valence-electron chi connectivity index (χ4n) is 2.77. The lowest BCUT2D eigenvalue weighted by Gasteiger charge is -2.22. The van der Waals surface area contributed by atoms with Crippen LogP contribution in [0.4, 0.5) is 4.39 Å². The highest BCUT2D eigenvalue weighted by Crippen LogP contribution is 2.31. The first-order valence-electron chi connectivity index (χ1n) is 7.92. The summed E-state index contributed by atoms with van der Waals surface area (Å²) in [6, 6.07) is 5.17. The molecule has 1 aliphatic carbocycles. The second kappa shape index (κ2) is 7.23. The van der Waals surface area contributed by atoms with Crippen LogP contribution in [0.25, 0.3) is 0 Å². The van der Waals surface area contributed by atoms with E-state index in [-0.39, 0.29) is 24.2 Å². The van der Waals surface area contributed by atoms with E-state index in [4.69, 9.17) is 4.74 Å². The van der Waals surface area contributed by atoms with E-state index in [1.165, 1.54) is 6.07 Å². The maximum atomic E-state index is 14.1. The first-order valence-corrected chi connectivity index (χ1v) is 7.92. The number of aliphatic hydroxyl groups is 1. The van der Waals surface area contributed by atoms with Crippen LogP contribution in [0.1, 0.15) is 57.6 Å². The van der Waals surface area contributed by atoms with Crippen molar-refractivity contribution in [1.82, 2.24) is 5.32 Å². The molecule has 4 heteroatoms. The monoisotopic (exact) mass is 295 g/mol. The summed E-state index contributed by atoms with van der Waals surface area (Å²) < 4.78 is 19.6. The molecule has 1 aliphatic rings. The molecule has 0 amide bonds. The van der Waals surface area contributed by atoms with E-state index < -0.39 is 5.60 Å². The molecular formula is C17H26FNO2. The minimum absolute atomic E-state index is 0.118. The molecule has 0 spiro atoms. The molecule has 118 valence electrons. The van der Waals surface area contributed by atoms with Crippen molar-refractivity contribution in [1.29, 1.82) is 0 Å². The average Bonchev–Trinajstić information content (AvgIpc) is 2.90. The summed E-state index contributed by atoms with van der Waals surface area (Å²) >= 11 is 0. The maximum Gasteiger partial charge on any atom is 0.165 e. The highest BCUT2D eigenvalue weighted by Gasteiger charge is 2.32. The van der Waals surface area contributed by atoms with Crippen LogP contribution in [-0.4, -0.2) is 23.9 Å².